The molecule has 4 heteroatoms. The van der Waals surface area contributed by atoms with Crippen molar-refractivity contribution in [1.82, 2.24) is 5.32 Å². The highest BCUT2D eigenvalue weighted by Crippen LogP contribution is 2.47. The van der Waals surface area contributed by atoms with E-state index < -0.39 is 6.04 Å². The molecule has 0 unspecified atom stereocenters. The molecule has 0 radical (unpaired) electrons. The highest BCUT2D eigenvalue weighted by molar-refractivity contribution is 5.85. The second-order valence-corrected chi connectivity index (χ2v) is 6.71. The van der Waals surface area contributed by atoms with Crippen LogP contribution in [0.2, 0.25) is 0 Å². The highest BCUT2D eigenvalue weighted by atomic mass is 35.5. The Balaban J connectivity index is 0.00000200. The number of hydrogen-bond acceptors (Lipinski definition) is 2. The lowest BCUT2D eigenvalue weighted by molar-refractivity contribution is -0.124. The number of amides is 1. The van der Waals surface area contributed by atoms with Crippen LogP contribution in [0.15, 0.2) is 30.3 Å². The van der Waals surface area contributed by atoms with Gasteiger partial charge in [-0.2, -0.15) is 0 Å². The third-order valence-corrected chi connectivity index (χ3v) is 4.06. The van der Waals surface area contributed by atoms with Crippen LogP contribution in [-0.4, -0.2) is 18.5 Å². The maximum Gasteiger partial charge on any atom is 0.237 e. The summed E-state index contributed by atoms with van der Waals surface area (Å²) >= 11 is 0. The third-order valence-electron chi connectivity index (χ3n) is 4.06. The minimum atomic E-state index is -0.459. The molecule has 1 aliphatic rings. The van der Waals surface area contributed by atoms with Crippen molar-refractivity contribution in [3.63, 3.8) is 0 Å². The summed E-state index contributed by atoms with van der Waals surface area (Å²) in [7, 11) is 0. The van der Waals surface area contributed by atoms with E-state index in [1.165, 1.54) is 5.56 Å². The minimum absolute atomic E-state index is 0. The van der Waals surface area contributed by atoms with E-state index in [2.05, 4.69) is 29.6 Å². The number of nitrogens with two attached hydrogens (primary N) is 1. The number of nitrogens with one attached hydrogen (secondary N) is 1. The molecule has 1 amide bonds. The number of carbonyl (C=O) groups is 1. The summed E-state index contributed by atoms with van der Waals surface area (Å²) in [6.45, 7) is 6.66. The predicted octanol–water partition coefficient (Wildman–Crippen LogP) is 2.63. The monoisotopic (exact) mass is 296 g/mol. The Hall–Kier alpha value is -1.06. The first-order chi connectivity index (χ1) is 8.85. The molecular formula is C16H25ClN2O. The van der Waals surface area contributed by atoms with Gasteiger partial charge in [0.2, 0.25) is 5.91 Å². The van der Waals surface area contributed by atoms with Crippen LogP contribution >= 0.6 is 12.4 Å². The van der Waals surface area contributed by atoms with Crippen molar-refractivity contribution in [2.75, 3.05) is 6.54 Å². The van der Waals surface area contributed by atoms with Crippen LogP contribution in [0.5, 0.6) is 0 Å². The Morgan fingerprint density at radius 3 is 2.30 bits per heavy atom. The number of carbonyl (C=O) groups excluding carboxylic acids is 1. The van der Waals surface area contributed by atoms with Gasteiger partial charge < -0.3 is 11.1 Å². The molecule has 2 rings (SSSR count). The Kier molecular flexibility index (Phi) is 5.22. The molecule has 0 saturated heterocycles. The van der Waals surface area contributed by atoms with Crippen molar-refractivity contribution in [3.8, 4) is 0 Å². The fourth-order valence-electron chi connectivity index (χ4n) is 2.27. The largest absolute Gasteiger partial charge is 0.354 e. The molecule has 1 fully saturated rings. The van der Waals surface area contributed by atoms with Crippen molar-refractivity contribution in [3.05, 3.63) is 35.9 Å². The van der Waals surface area contributed by atoms with E-state index >= 15 is 0 Å². The second kappa shape index (κ2) is 6.15. The quantitative estimate of drug-likeness (QED) is 0.897. The van der Waals surface area contributed by atoms with Gasteiger partial charge in [0.1, 0.15) is 0 Å². The van der Waals surface area contributed by atoms with Crippen LogP contribution in [-0.2, 0) is 10.2 Å². The molecule has 1 aromatic carbocycles. The Morgan fingerprint density at radius 2 is 1.85 bits per heavy atom. The van der Waals surface area contributed by atoms with E-state index in [0.29, 0.717) is 6.54 Å². The maximum atomic E-state index is 12.1. The zero-order valence-electron chi connectivity index (χ0n) is 12.5. The van der Waals surface area contributed by atoms with Crippen LogP contribution in [0.25, 0.3) is 0 Å². The van der Waals surface area contributed by atoms with Crippen LogP contribution < -0.4 is 11.1 Å². The standard InChI is InChI=1S/C16H24N2O.ClH/c1-15(2,3)13(17)14(19)18-11-16(9-10-16)12-7-5-4-6-8-12;/h4-8,13H,9-11,17H2,1-3H3,(H,18,19);1H/t13-;/m1./s1. The van der Waals surface area contributed by atoms with E-state index in [0.717, 1.165) is 12.8 Å². The molecule has 1 atom stereocenters. The lowest BCUT2D eigenvalue weighted by Crippen LogP contribution is -2.50. The van der Waals surface area contributed by atoms with Gasteiger partial charge in [-0.15, -0.1) is 12.4 Å². The number of rotatable bonds is 4. The summed E-state index contributed by atoms with van der Waals surface area (Å²) in [4.78, 5) is 12.1. The molecule has 1 saturated carbocycles. The first-order valence-corrected chi connectivity index (χ1v) is 6.94. The number of hydrogen-bond donors (Lipinski definition) is 2. The van der Waals surface area contributed by atoms with E-state index in [9.17, 15) is 4.79 Å². The van der Waals surface area contributed by atoms with Crippen LogP contribution in [0.3, 0.4) is 0 Å². The summed E-state index contributed by atoms with van der Waals surface area (Å²) in [5, 5.41) is 3.03. The van der Waals surface area contributed by atoms with Crippen LogP contribution in [0.4, 0.5) is 0 Å². The van der Waals surface area contributed by atoms with Gasteiger partial charge in [-0.05, 0) is 23.8 Å². The number of benzene rings is 1. The van der Waals surface area contributed by atoms with Crippen molar-refractivity contribution in [2.45, 2.75) is 45.1 Å². The fourth-order valence-corrected chi connectivity index (χ4v) is 2.27. The third kappa shape index (κ3) is 3.74. The van der Waals surface area contributed by atoms with Crippen molar-refractivity contribution in [2.24, 2.45) is 11.1 Å². The van der Waals surface area contributed by atoms with Crippen molar-refractivity contribution in [1.29, 1.82) is 0 Å². The minimum Gasteiger partial charge on any atom is -0.354 e. The molecule has 1 aliphatic carbocycles. The molecule has 0 aliphatic heterocycles. The summed E-state index contributed by atoms with van der Waals surface area (Å²) in [5.41, 5.74) is 7.24. The first-order valence-electron chi connectivity index (χ1n) is 6.94. The molecule has 20 heavy (non-hydrogen) atoms. The van der Waals surface area contributed by atoms with Gasteiger partial charge in [0.05, 0.1) is 6.04 Å². The summed E-state index contributed by atoms with van der Waals surface area (Å²) in [6, 6.07) is 9.95. The van der Waals surface area contributed by atoms with E-state index in [1.807, 2.05) is 26.8 Å². The summed E-state index contributed by atoms with van der Waals surface area (Å²) < 4.78 is 0. The summed E-state index contributed by atoms with van der Waals surface area (Å²) in [5.74, 6) is -0.0466. The summed E-state index contributed by atoms with van der Waals surface area (Å²) in [6.07, 6.45) is 2.28. The van der Waals surface area contributed by atoms with Gasteiger partial charge in [-0.25, -0.2) is 0 Å². The first kappa shape index (κ1) is 17.0. The predicted molar refractivity (Wildman–Crippen MR) is 85.0 cm³/mol. The molecule has 0 bridgehead atoms. The topological polar surface area (TPSA) is 55.1 Å². The number of halogens is 1. The van der Waals surface area contributed by atoms with Gasteiger partial charge in [-0.1, -0.05) is 51.1 Å². The second-order valence-electron chi connectivity index (χ2n) is 6.71. The van der Waals surface area contributed by atoms with Gasteiger partial charge in [0, 0.05) is 12.0 Å². The van der Waals surface area contributed by atoms with E-state index in [-0.39, 0.29) is 29.1 Å². The molecule has 0 aromatic heterocycles. The van der Waals surface area contributed by atoms with Crippen molar-refractivity contribution < 1.29 is 4.79 Å². The normalized spacial score (nSPS) is 17.8. The van der Waals surface area contributed by atoms with Crippen LogP contribution in [0.1, 0.15) is 39.2 Å². The average molecular weight is 297 g/mol. The lowest BCUT2D eigenvalue weighted by atomic mass is 9.86. The Labute approximate surface area is 127 Å². The van der Waals surface area contributed by atoms with E-state index in [4.69, 9.17) is 5.73 Å². The fraction of sp³-hybridized carbons (Fsp3) is 0.562. The average Bonchev–Trinajstić information content (AvgIpc) is 3.16. The Morgan fingerprint density at radius 1 is 1.30 bits per heavy atom. The van der Waals surface area contributed by atoms with Gasteiger partial charge >= 0.3 is 0 Å². The van der Waals surface area contributed by atoms with Gasteiger partial charge in [0.25, 0.3) is 0 Å². The van der Waals surface area contributed by atoms with Gasteiger partial charge in [0.15, 0.2) is 0 Å². The smallest absolute Gasteiger partial charge is 0.237 e. The maximum absolute atomic E-state index is 12.1. The van der Waals surface area contributed by atoms with Crippen LogP contribution in [0, 0.1) is 5.41 Å². The molecular weight excluding hydrogens is 272 g/mol. The highest BCUT2D eigenvalue weighted by Gasteiger charge is 2.44. The molecule has 112 valence electrons. The SMILES string of the molecule is CC(C)(C)[C@H](N)C(=O)NCC1(c2ccccc2)CC1.Cl. The van der Waals surface area contributed by atoms with Crippen molar-refractivity contribution >= 4 is 18.3 Å². The zero-order chi connectivity index (χ0) is 14.1. The molecule has 1 aromatic rings. The molecule has 3 N–H and O–H groups in total. The molecule has 3 nitrogen and oxygen atoms in total. The lowest BCUT2D eigenvalue weighted by Gasteiger charge is -2.27. The zero-order valence-corrected chi connectivity index (χ0v) is 13.3. The Bertz CT molecular complexity index is 449. The molecule has 0 heterocycles. The van der Waals surface area contributed by atoms with Gasteiger partial charge in [-0.3, -0.25) is 4.79 Å². The van der Waals surface area contributed by atoms with E-state index in [1.54, 1.807) is 0 Å². The molecule has 0 spiro atoms.